The zero-order valence-corrected chi connectivity index (χ0v) is 9.45. The van der Waals surface area contributed by atoms with Crippen LogP contribution in [0.4, 0.5) is 0 Å². The second-order valence-corrected chi connectivity index (χ2v) is 4.72. The molecule has 0 unspecified atom stereocenters. The summed E-state index contributed by atoms with van der Waals surface area (Å²) in [6.45, 7) is 2.48. The molecule has 0 aromatic carbocycles. The fourth-order valence-electron chi connectivity index (χ4n) is 2.94. The van der Waals surface area contributed by atoms with Crippen LogP contribution in [-0.2, 0) is 0 Å². The van der Waals surface area contributed by atoms with Gasteiger partial charge >= 0.3 is 0 Å². The fourth-order valence-corrected chi connectivity index (χ4v) is 2.94. The van der Waals surface area contributed by atoms with Crippen molar-refractivity contribution in [2.75, 3.05) is 13.1 Å². The Hall–Kier alpha value is -1.33. The van der Waals surface area contributed by atoms with E-state index in [9.17, 15) is 0 Å². The topological polar surface area (TPSA) is 16.1 Å². The maximum atomic E-state index is 4.10. The quantitative estimate of drug-likeness (QED) is 0.612. The minimum absolute atomic E-state index is 0.204. The highest BCUT2D eigenvalue weighted by Gasteiger charge is 2.42. The highest BCUT2D eigenvalue weighted by atomic mass is 15.2. The van der Waals surface area contributed by atoms with Crippen molar-refractivity contribution in [1.29, 1.82) is 0 Å². The molecule has 0 radical (unpaired) electrons. The van der Waals surface area contributed by atoms with Gasteiger partial charge < -0.3 is 0 Å². The van der Waals surface area contributed by atoms with Crippen molar-refractivity contribution in [3.63, 3.8) is 0 Å². The first kappa shape index (κ1) is 9.86. The number of pyridine rings is 1. The lowest BCUT2D eigenvalue weighted by molar-refractivity contribution is 0.261. The van der Waals surface area contributed by atoms with Crippen LogP contribution in [0, 0.1) is 11.8 Å². The van der Waals surface area contributed by atoms with Gasteiger partial charge in [-0.3, -0.25) is 9.88 Å². The molecule has 1 aromatic rings. The molecule has 82 valence electrons. The molecule has 0 saturated carbocycles. The van der Waals surface area contributed by atoms with E-state index in [0.29, 0.717) is 0 Å². The third-order valence-corrected chi connectivity index (χ3v) is 3.74. The van der Waals surface area contributed by atoms with Crippen molar-refractivity contribution >= 4 is 0 Å². The average molecular weight is 212 g/mol. The minimum Gasteiger partial charge on any atom is -0.287 e. The molecular weight excluding hydrogens is 196 g/mol. The molecule has 2 heteroatoms. The Morgan fingerprint density at radius 1 is 1.25 bits per heavy atom. The molecule has 0 amide bonds. The van der Waals surface area contributed by atoms with Crippen LogP contribution in [-0.4, -0.2) is 28.5 Å². The van der Waals surface area contributed by atoms with Gasteiger partial charge in [-0.15, -0.1) is 0 Å². The summed E-state index contributed by atoms with van der Waals surface area (Å²) in [5, 5.41) is 0. The predicted octanol–water partition coefficient (Wildman–Crippen LogP) is 2.06. The molecule has 2 aliphatic heterocycles. The van der Waals surface area contributed by atoms with Crippen LogP contribution >= 0.6 is 0 Å². The van der Waals surface area contributed by atoms with Crippen molar-refractivity contribution in [1.82, 2.24) is 9.88 Å². The van der Waals surface area contributed by atoms with Crippen LogP contribution in [0.1, 0.15) is 31.2 Å². The van der Waals surface area contributed by atoms with Crippen molar-refractivity contribution in [2.45, 2.75) is 31.2 Å². The molecule has 0 N–H and O–H groups in total. The first-order valence-corrected chi connectivity index (χ1v) is 6.07. The van der Waals surface area contributed by atoms with E-state index in [1.165, 1.54) is 38.8 Å². The molecular formula is C14H16N2. The van der Waals surface area contributed by atoms with Crippen molar-refractivity contribution in [3.8, 4) is 11.8 Å². The summed E-state index contributed by atoms with van der Waals surface area (Å²) in [5.41, 5.74) is 1.24. The minimum atomic E-state index is 0.204. The monoisotopic (exact) mass is 212 g/mol. The number of aromatic nitrogens is 1. The van der Waals surface area contributed by atoms with E-state index >= 15 is 0 Å². The van der Waals surface area contributed by atoms with E-state index in [-0.39, 0.29) is 5.54 Å². The summed E-state index contributed by atoms with van der Waals surface area (Å²) in [4.78, 5) is 6.66. The van der Waals surface area contributed by atoms with E-state index < -0.39 is 0 Å². The Balaban J connectivity index is 1.87. The lowest BCUT2D eigenvalue weighted by Gasteiger charge is -2.25. The fraction of sp³-hybridized carbons (Fsp3) is 0.500. The van der Waals surface area contributed by atoms with Gasteiger partial charge in [0.15, 0.2) is 0 Å². The maximum absolute atomic E-state index is 4.10. The first-order valence-electron chi connectivity index (χ1n) is 6.07. The molecule has 2 saturated heterocycles. The van der Waals surface area contributed by atoms with Crippen LogP contribution in [0.2, 0.25) is 0 Å². The second kappa shape index (κ2) is 3.92. The third kappa shape index (κ3) is 1.62. The van der Waals surface area contributed by atoms with E-state index in [4.69, 9.17) is 0 Å². The Morgan fingerprint density at radius 2 is 2.06 bits per heavy atom. The summed E-state index contributed by atoms with van der Waals surface area (Å²) in [6, 6.07) is 3.98. The Kier molecular flexibility index (Phi) is 2.41. The van der Waals surface area contributed by atoms with Gasteiger partial charge in [0.1, 0.15) is 0 Å². The van der Waals surface area contributed by atoms with Gasteiger partial charge in [-0.05, 0) is 50.9 Å². The third-order valence-electron chi connectivity index (χ3n) is 3.74. The summed E-state index contributed by atoms with van der Waals surface area (Å²) in [6.07, 6.45) is 8.75. The molecule has 2 aliphatic rings. The molecule has 0 aliphatic carbocycles. The standard InChI is InChI=1S/C14H16N2/c1-4-13(12-15-9-1)5-8-14-6-2-10-16(14)11-3-7-14/h1,4,9,12H,2-3,6-7,10-11H2. The summed E-state index contributed by atoms with van der Waals surface area (Å²) in [5.74, 6) is 6.80. The van der Waals surface area contributed by atoms with Crippen LogP contribution < -0.4 is 0 Å². The van der Waals surface area contributed by atoms with Gasteiger partial charge in [-0.25, -0.2) is 0 Å². The van der Waals surface area contributed by atoms with Crippen LogP contribution in [0.15, 0.2) is 24.5 Å². The molecule has 0 bridgehead atoms. The second-order valence-electron chi connectivity index (χ2n) is 4.72. The van der Waals surface area contributed by atoms with E-state index in [0.717, 1.165) is 5.56 Å². The largest absolute Gasteiger partial charge is 0.287 e. The van der Waals surface area contributed by atoms with Gasteiger partial charge in [0.05, 0.1) is 5.54 Å². The lowest BCUT2D eigenvalue weighted by Crippen LogP contribution is -2.36. The molecule has 1 aromatic heterocycles. The zero-order valence-electron chi connectivity index (χ0n) is 9.45. The normalized spacial score (nSPS) is 22.5. The SMILES string of the molecule is C(#CC12CCCN1CCC2)c1cccnc1. The number of rotatable bonds is 0. The van der Waals surface area contributed by atoms with Gasteiger partial charge in [0.25, 0.3) is 0 Å². The Labute approximate surface area is 96.7 Å². The summed E-state index contributed by atoms with van der Waals surface area (Å²) in [7, 11) is 0. The van der Waals surface area contributed by atoms with Crippen molar-refractivity contribution in [2.24, 2.45) is 0 Å². The van der Waals surface area contributed by atoms with E-state index in [1.54, 1.807) is 6.20 Å². The average Bonchev–Trinajstić information content (AvgIpc) is 2.87. The number of hydrogen-bond acceptors (Lipinski definition) is 2. The van der Waals surface area contributed by atoms with Gasteiger partial charge in [0, 0.05) is 18.0 Å². The van der Waals surface area contributed by atoms with E-state index in [2.05, 4.69) is 21.7 Å². The lowest BCUT2D eigenvalue weighted by atomic mass is 9.94. The molecule has 3 rings (SSSR count). The van der Waals surface area contributed by atoms with Gasteiger partial charge in [0.2, 0.25) is 0 Å². The number of hydrogen-bond donors (Lipinski definition) is 0. The van der Waals surface area contributed by atoms with Crippen molar-refractivity contribution < 1.29 is 0 Å². The highest BCUT2D eigenvalue weighted by molar-refractivity contribution is 5.36. The smallest absolute Gasteiger partial charge is 0.0830 e. The summed E-state index contributed by atoms with van der Waals surface area (Å²) < 4.78 is 0. The molecule has 16 heavy (non-hydrogen) atoms. The number of nitrogens with zero attached hydrogens (tertiary/aromatic N) is 2. The number of fused-ring (bicyclic) bond motifs is 1. The Bertz CT molecular complexity index is 417. The van der Waals surface area contributed by atoms with Crippen LogP contribution in [0.25, 0.3) is 0 Å². The molecule has 0 spiro atoms. The highest BCUT2D eigenvalue weighted by Crippen LogP contribution is 2.38. The first-order chi connectivity index (χ1) is 7.89. The maximum Gasteiger partial charge on any atom is 0.0830 e. The summed E-state index contributed by atoms with van der Waals surface area (Å²) >= 11 is 0. The van der Waals surface area contributed by atoms with Gasteiger partial charge in [-0.1, -0.05) is 11.8 Å². The van der Waals surface area contributed by atoms with Crippen LogP contribution in [0.3, 0.4) is 0 Å². The van der Waals surface area contributed by atoms with Gasteiger partial charge in [-0.2, -0.15) is 0 Å². The molecule has 2 fully saturated rings. The Morgan fingerprint density at radius 3 is 2.75 bits per heavy atom. The molecule has 3 heterocycles. The predicted molar refractivity (Wildman–Crippen MR) is 63.9 cm³/mol. The van der Waals surface area contributed by atoms with Crippen LogP contribution in [0.5, 0.6) is 0 Å². The van der Waals surface area contributed by atoms with E-state index in [1.807, 2.05) is 18.3 Å². The molecule has 0 atom stereocenters. The molecule has 2 nitrogen and oxygen atoms in total. The van der Waals surface area contributed by atoms with Crippen molar-refractivity contribution in [3.05, 3.63) is 30.1 Å². The zero-order chi connectivity index (χ0) is 10.8.